The maximum atomic E-state index is 8.77. The zero-order valence-corrected chi connectivity index (χ0v) is 12.9. The lowest BCUT2D eigenvalue weighted by Crippen LogP contribution is -2.29. The van der Waals surface area contributed by atoms with Crippen molar-refractivity contribution in [3.63, 3.8) is 0 Å². The van der Waals surface area contributed by atoms with E-state index in [1.54, 1.807) is 11.3 Å². The van der Waals surface area contributed by atoms with Gasteiger partial charge in [0.25, 0.3) is 0 Å². The van der Waals surface area contributed by atoms with Gasteiger partial charge in [0.05, 0.1) is 6.61 Å². The summed E-state index contributed by atoms with van der Waals surface area (Å²) in [5, 5.41) is 10.9. The molecule has 1 aromatic heterocycles. The van der Waals surface area contributed by atoms with Gasteiger partial charge in [-0.1, -0.05) is 11.8 Å². The van der Waals surface area contributed by atoms with Gasteiger partial charge in [-0.3, -0.25) is 0 Å². The van der Waals surface area contributed by atoms with Crippen LogP contribution in [0.5, 0.6) is 0 Å². The highest BCUT2D eigenvalue weighted by molar-refractivity contribution is 7.10. The van der Waals surface area contributed by atoms with Crippen molar-refractivity contribution in [2.45, 2.75) is 25.8 Å². The van der Waals surface area contributed by atoms with Gasteiger partial charge in [0, 0.05) is 43.2 Å². The third-order valence-electron chi connectivity index (χ3n) is 3.53. The Bertz CT molecular complexity index is 455. The van der Waals surface area contributed by atoms with Crippen molar-refractivity contribution < 1.29 is 9.84 Å². The molecule has 4 heteroatoms. The van der Waals surface area contributed by atoms with E-state index in [-0.39, 0.29) is 6.61 Å². The second kappa shape index (κ2) is 8.43. The third kappa shape index (κ3) is 4.92. The summed E-state index contributed by atoms with van der Waals surface area (Å²) in [4.78, 5) is 3.71. The van der Waals surface area contributed by atoms with Gasteiger partial charge in [0.15, 0.2) is 0 Å². The van der Waals surface area contributed by atoms with Gasteiger partial charge in [-0.15, -0.1) is 11.3 Å². The predicted molar refractivity (Wildman–Crippen MR) is 82.8 cm³/mol. The number of ether oxygens (including phenoxy) is 1. The number of aliphatic hydroxyl groups is 1. The van der Waals surface area contributed by atoms with Crippen molar-refractivity contribution in [3.8, 4) is 11.8 Å². The first-order chi connectivity index (χ1) is 9.79. The van der Waals surface area contributed by atoms with Crippen LogP contribution in [0.2, 0.25) is 0 Å². The number of hydrogen-bond donors (Lipinski definition) is 1. The van der Waals surface area contributed by atoms with Gasteiger partial charge in [-0.05, 0) is 37.3 Å². The van der Waals surface area contributed by atoms with Crippen LogP contribution in [0.4, 0.5) is 0 Å². The quantitative estimate of drug-likeness (QED) is 0.846. The van der Waals surface area contributed by atoms with E-state index in [2.05, 4.69) is 35.2 Å². The molecule has 1 saturated heterocycles. The average Bonchev–Trinajstić information content (AvgIpc) is 2.87. The van der Waals surface area contributed by atoms with E-state index in [4.69, 9.17) is 9.84 Å². The first-order valence-corrected chi connectivity index (χ1v) is 8.10. The van der Waals surface area contributed by atoms with Gasteiger partial charge in [-0.25, -0.2) is 0 Å². The molecule has 0 spiro atoms. The normalized spacial score (nSPS) is 16.1. The summed E-state index contributed by atoms with van der Waals surface area (Å²) < 4.78 is 5.41. The van der Waals surface area contributed by atoms with Crippen molar-refractivity contribution in [3.05, 3.63) is 21.9 Å². The van der Waals surface area contributed by atoms with Gasteiger partial charge in [0.1, 0.15) is 0 Å². The molecule has 20 heavy (non-hydrogen) atoms. The van der Waals surface area contributed by atoms with E-state index in [1.807, 2.05) is 0 Å². The molecule has 0 saturated carbocycles. The first kappa shape index (κ1) is 15.5. The van der Waals surface area contributed by atoms with E-state index < -0.39 is 0 Å². The summed E-state index contributed by atoms with van der Waals surface area (Å²) in [7, 11) is 2.18. The fourth-order valence-corrected chi connectivity index (χ4v) is 3.38. The molecule has 0 atom stereocenters. The molecular weight excluding hydrogens is 270 g/mol. The molecule has 1 N–H and O–H groups in total. The molecule has 3 nitrogen and oxygen atoms in total. The standard InChI is InChI=1S/C16H23NO2S/c1-17(12-14-5-9-19-10-6-14)13-16-15(7-11-20-16)4-2-3-8-18/h7,11,14,18H,3,5-6,8-10,12-13H2,1H3. The number of nitrogens with zero attached hydrogens (tertiary/aromatic N) is 1. The molecule has 1 aliphatic rings. The fourth-order valence-electron chi connectivity index (χ4n) is 2.47. The molecule has 2 heterocycles. The third-order valence-corrected chi connectivity index (χ3v) is 4.44. The van der Waals surface area contributed by atoms with Crippen LogP contribution in [0.15, 0.2) is 11.4 Å². The number of hydrogen-bond acceptors (Lipinski definition) is 4. The molecule has 0 bridgehead atoms. The van der Waals surface area contributed by atoms with Crippen LogP contribution in [-0.4, -0.2) is 43.4 Å². The zero-order valence-electron chi connectivity index (χ0n) is 12.1. The van der Waals surface area contributed by atoms with Crippen LogP contribution in [0, 0.1) is 17.8 Å². The molecular formula is C16H23NO2S. The second-order valence-electron chi connectivity index (χ2n) is 5.29. The molecule has 1 aromatic rings. The largest absolute Gasteiger partial charge is 0.395 e. The van der Waals surface area contributed by atoms with E-state index >= 15 is 0 Å². The van der Waals surface area contributed by atoms with Crippen LogP contribution in [-0.2, 0) is 11.3 Å². The summed E-state index contributed by atoms with van der Waals surface area (Å²) in [6, 6.07) is 2.08. The lowest BCUT2D eigenvalue weighted by Gasteiger charge is -2.26. The van der Waals surface area contributed by atoms with Crippen molar-refractivity contribution in [1.82, 2.24) is 4.90 Å². The molecule has 0 aromatic carbocycles. The summed E-state index contributed by atoms with van der Waals surface area (Å²) >= 11 is 1.77. The van der Waals surface area contributed by atoms with Crippen molar-refractivity contribution in [2.75, 3.05) is 33.4 Å². The molecule has 0 radical (unpaired) electrons. The minimum absolute atomic E-state index is 0.135. The van der Waals surface area contributed by atoms with Gasteiger partial charge in [-0.2, -0.15) is 0 Å². The lowest BCUT2D eigenvalue weighted by atomic mass is 10.00. The Kier molecular flexibility index (Phi) is 6.55. The maximum absolute atomic E-state index is 8.77. The van der Waals surface area contributed by atoms with Crippen molar-refractivity contribution >= 4 is 11.3 Å². The number of rotatable bonds is 5. The molecule has 110 valence electrons. The first-order valence-electron chi connectivity index (χ1n) is 7.22. The Balaban J connectivity index is 1.86. The van der Waals surface area contributed by atoms with E-state index in [1.165, 1.54) is 17.7 Å². The fraction of sp³-hybridized carbons (Fsp3) is 0.625. The molecule has 1 fully saturated rings. The Morgan fingerprint density at radius 3 is 3.00 bits per heavy atom. The van der Waals surface area contributed by atoms with Crippen LogP contribution in [0.25, 0.3) is 0 Å². The maximum Gasteiger partial charge on any atom is 0.0540 e. The number of thiophene rings is 1. The SMILES string of the molecule is CN(Cc1sccc1C#CCCO)CC1CCOCC1. The highest BCUT2D eigenvalue weighted by atomic mass is 32.1. The molecule has 0 amide bonds. The minimum atomic E-state index is 0.135. The molecule has 1 aliphatic heterocycles. The molecule has 0 unspecified atom stereocenters. The van der Waals surface area contributed by atoms with Gasteiger partial charge in [0.2, 0.25) is 0 Å². The summed E-state index contributed by atoms with van der Waals surface area (Å²) in [5.74, 6) is 6.92. The van der Waals surface area contributed by atoms with E-state index in [9.17, 15) is 0 Å². The predicted octanol–water partition coefficient (Wildman–Crippen LogP) is 2.34. The highest BCUT2D eigenvalue weighted by Gasteiger charge is 2.16. The van der Waals surface area contributed by atoms with E-state index in [0.29, 0.717) is 6.42 Å². The van der Waals surface area contributed by atoms with Crippen LogP contribution >= 0.6 is 11.3 Å². The van der Waals surface area contributed by atoms with Crippen LogP contribution < -0.4 is 0 Å². The van der Waals surface area contributed by atoms with Crippen molar-refractivity contribution in [2.24, 2.45) is 5.92 Å². The Morgan fingerprint density at radius 2 is 2.25 bits per heavy atom. The van der Waals surface area contributed by atoms with Crippen molar-refractivity contribution in [1.29, 1.82) is 0 Å². The average molecular weight is 293 g/mol. The molecule has 2 rings (SSSR count). The van der Waals surface area contributed by atoms with Gasteiger partial charge >= 0.3 is 0 Å². The summed E-state index contributed by atoms with van der Waals surface area (Å²) in [5.41, 5.74) is 1.11. The summed E-state index contributed by atoms with van der Waals surface area (Å²) in [6.45, 7) is 4.05. The molecule has 0 aliphatic carbocycles. The monoisotopic (exact) mass is 293 g/mol. The van der Waals surface area contributed by atoms with Crippen LogP contribution in [0.1, 0.15) is 29.7 Å². The Hall–Kier alpha value is -0.860. The number of aliphatic hydroxyl groups excluding tert-OH is 1. The minimum Gasteiger partial charge on any atom is -0.395 e. The topological polar surface area (TPSA) is 32.7 Å². The van der Waals surface area contributed by atoms with Gasteiger partial charge < -0.3 is 14.7 Å². The highest BCUT2D eigenvalue weighted by Crippen LogP contribution is 2.20. The van der Waals surface area contributed by atoms with Crippen LogP contribution in [0.3, 0.4) is 0 Å². The summed E-state index contributed by atoms with van der Waals surface area (Å²) in [6.07, 6.45) is 2.91. The Morgan fingerprint density at radius 1 is 1.45 bits per heavy atom. The second-order valence-corrected chi connectivity index (χ2v) is 6.29. The smallest absolute Gasteiger partial charge is 0.0540 e. The lowest BCUT2D eigenvalue weighted by molar-refractivity contribution is 0.0550. The van der Waals surface area contributed by atoms with E-state index in [0.717, 1.165) is 37.8 Å². The zero-order chi connectivity index (χ0) is 14.2. The Labute approximate surface area is 125 Å².